The normalized spacial score (nSPS) is 24.9. The fourth-order valence-corrected chi connectivity index (χ4v) is 4.56. The van der Waals surface area contributed by atoms with Crippen LogP contribution in [0.1, 0.15) is 23.8 Å². The van der Waals surface area contributed by atoms with Gasteiger partial charge in [0.05, 0.1) is 25.8 Å². The first kappa shape index (κ1) is 14.0. The van der Waals surface area contributed by atoms with E-state index in [-0.39, 0.29) is 11.8 Å². The number of thiophene rings is 1. The molecule has 2 fully saturated rings. The molecule has 1 spiro atoms. The van der Waals surface area contributed by atoms with E-state index in [1.165, 1.54) is 4.88 Å². The first-order valence-corrected chi connectivity index (χ1v) is 8.36. The average Bonchev–Trinajstić information content (AvgIpc) is 3.01. The Balaban J connectivity index is 1.76. The minimum Gasteiger partial charge on any atom is -0.346 e. The molecule has 1 aromatic rings. The summed E-state index contributed by atoms with van der Waals surface area (Å²) in [5.74, 6) is -0.375. The van der Waals surface area contributed by atoms with Crippen molar-refractivity contribution >= 4 is 27.3 Å². The van der Waals surface area contributed by atoms with Crippen LogP contribution >= 0.6 is 27.3 Å². The molecule has 0 aliphatic carbocycles. The fourth-order valence-electron chi connectivity index (χ4n) is 2.97. The van der Waals surface area contributed by atoms with E-state index >= 15 is 0 Å². The maximum absolute atomic E-state index is 6.00. The number of halogens is 1. The van der Waals surface area contributed by atoms with Crippen LogP contribution in [0.5, 0.6) is 0 Å². The summed E-state index contributed by atoms with van der Waals surface area (Å²) in [6.07, 6.45) is 2.10. The Morgan fingerprint density at radius 2 is 2.26 bits per heavy atom. The van der Waals surface area contributed by atoms with Crippen molar-refractivity contribution in [1.82, 2.24) is 4.90 Å². The van der Waals surface area contributed by atoms with Crippen LogP contribution in [0.3, 0.4) is 0 Å². The summed E-state index contributed by atoms with van der Waals surface area (Å²) in [5, 5.41) is 2.11. The SMILES string of the molecule is NCC(c1cc(Br)cs1)N1CCCC2(C1)OCCO2. The zero-order chi connectivity index (χ0) is 13.3. The summed E-state index contributed by atoms with van der Waals surface area (Å²) in [7, 11) is 0. The van der Waals surface area contributed by atoms with Crippen LogP contribution in [0, 0.1) is 0 Å². The Kier molecular flexibility index (Phi) is 4.26. The Labute approximate surface area is 126 Å². The highest BCUT2D eigenvalue weighted by Gasteiger charge is 2.42. The van der Waals surface area contributed by atoms with Gasteiger partial charge in [-0.2, -0.15) is 0 Å². The minimum absolute atomic E-state index is 0.265. The van der Waals surface area contributed by atoms with Crippen LogP contribution in [-0.4, -0.2) is 43.5 Å². The van der Waals surface area contributed by atoms with E-state index in [0.717, 1.165) is 30.4 Å². The third-order valence-corrected chi connectivity index (χ3v) is 5.64. The van der Waals surface area contributed by atoms with Crippen molar-refractivity contribution in [3.63, 3.8) is 0 Å². The lowest BCUT2D eigenvalue weighted by molar-refractivity contribution is -0.193. The summed E-state index contributed by atoms with van der Waals surface area (Å²) in [6, 6.07) is 2.43. The monoisotopic (exact) mass is 346 g/mol. The summed E-state index contributed by atoms with van der Waals surface area (Å²) >= 11 is 5.27. The third-order valence-electron chi connectivity index (χ3n) is 3.84. The van der Waals surface area contributed by atoms with E-state index in [9.17, 15) is 0 Å². The van der Waals surface area contributed by atoms with Crippen LogP contribution < -0.4 is 5.73 Å². The highest BCUT2D eigenvalue weighted by Crippen LogP contribution is 2.36. The lowest BCUT2D eigenvalue weighted by atomic mass is 10.0. The van der Waals surface area contributed by atoms with Crippen LogP contribution in [0.15, 0.2) is 15.9 Å². The van der Waals surface area contributed by atoms with Gasteiger partial charge in [0.2, 0.25) is 0 Å². The molecule has 6 heteroatoms. The molecule has 0 radical (unpaired) electrons. The van der Waals surface area contributed by atoms with Crippen molar-refractivity contribution < 1.29 is 9.47 Å². The molecule has 0 aromatic carbocycles. The van der Waals surface area contributed by atoms with Gasteiger partial charge in [0.1, 0.15) is 0 Å². The Morgan fingerprint density at radius 3 is 2.89 bits per heavy atom. The van der Waals surface area contributed by atoms with Gasteiger partial charge in [0.15, 0.2) is 5.79 Å². The molecule has 2 N–H and O–H groups in total. The molecule has 3 rings (SSSR count). The molecule has 2 saturated heterocycles. The van der Waals surface area contributed by atoms with E-state index in [0.29, 0.717) is 19.8 Å². The predicted octanol–water partition coefficient (Wildman–Crippen LogP) is 2.35. The lowest BCUT2D eigenvalue weighted by Gasteiger charge is -2.41. The maximum atomic E-state index is 6.00. The smallest absolute Gasteiger partial charge is 0.181 e. The number of nitrogens with two attached hydrogens (primary N) is 1. The quantitative estimate of drug-likeness (QED) is 0.912. The molecule has 2 aliphatic heterocycles. The molecule has 0 bridgehead atoms. The highest BCUT2D eigenvalue weighted by atomic mass is 79.9. The number of nitrogens with zero attached hydrogens (tertiary/aromatic N) is 1. The number of rotatable bonds is 3. The summed E-state index contributed by atoms with van der Waals surface area (Å²) in [6.45, 7) is 3.94. The summed E-state index contributed by atoms with van der Waals surface area (Å²) in [5.41, 5.74) is 6.00. The van der Waals surface area contributed by atoms with Crippen LogP contribution in [0.4, 0.5) is 0 Å². The van der Waals surface area contributed by atoms with Crippen molar-refractivity contribution in [2.75, 3.05) is 32.8 Å². The van der Waals surface area contributed by atoms with Crippen molar-refractivity contribution in [3.8, 4) is 0 Å². The van der Waals surface area contributed by atoms with Crippen molar-refractivity contribution in [3.05, 3.63) is 20.8 Å². The highest BCUT2D eigenvalue weighted by molar-refractivity contribution is 9.10. The molecular weight excluding hydrogens is 328 g/mol. The van der Waals surface area contributed by atoms with E-state index in [4.69, 9.17) is 15.2 Å². The van der Waals surface area contributed by atoms with E-state index in [1.54, 1.807) is 11.3 Å². The van der Waals surface area contributed by atoms with Gasteiger partial charge in [-0.1, -0.05) is 0 Å². The van der Waals surface area contributed by atoms with Gasteiger partial charge < -0.3 is 15.2 Å². The second kappa shape index (κ2) is 5.79. The molecule has 2 aliphatic rings. The molecule has 1 unspecified atom stereocenters. The zero-order valence-corrected chi connectivity index (χ0v) is 13.2. The molecule has 3 heterocycles. The summed E-state index contributed by atoms with van der Waals surface area (Å²) in [4.78, 5) is 3.72. The van der Waals surface area contributed by atoms with E-state index in [2.05, 4.69) is 32.3 Å². The fraction of sp³-hybridized carbons (Fsp3) is 0.692. The lowest BCUT2D eigenvalue weighted by Crippen LogP contribution is -2.51. The van der Waals surface area contributed by atoms with Crippen molar-refractivity contribution in [2.45, 2.75) is 24.7 Å². The first-order valence-electron chi connectivity index (χ1n) is 6.68. The van der Waals surface area contributed by atoms with E-state index in [1.807, 2.05) is 0 Å². The minimum atomic E-state index is -0.375. The average molecular weight is 347 g/mol. The van der Waals surface area contributed by atoms with Crippen LogP contribution in [0.25, 0.3) is 0 Å². The molecule has 0 saturated carbocycles. The first-order chi connectivity index (χ1) is 9.22. The molecule has 1 atom stereocenters. The second-order valence-electron chi connectivity index (χ2n) is 5.10. The van der Waals surface area contributed by atoms with Gasteiger partial charge in [-0.15, -0.1) is 11.3 Å². The molecule has 106 valence electrons. The van der Waals surface area contributed by atoms with E-state index < -0.39 is 0 Å². The van der Waals surface area contributed by atoms with Gasteiger partial charge in [-0.05, 0) is 35.0 Å². The van der Waals surface area contributed by atoms with Gasteiger partial charge in [0, 0.05) is 27.7 Å². The maximum Gasteiger partial charge on any atom is 0.181 e. The summed E-state index contributed by atoms with van der Waals surface area (Å²) < 4.78 is 12.8. The number of hydrogen-bond acceptors (Lipinski definition) is 5. The topological polar surface area (TPSA) is 47.7 Å². The number of hydrogen-bond donors (Lipinski definition) is 1. The Hall–Kier alpha value is 0.0200. The van der Waals surface area contributed by atoms with Crippen LogP contribution in [-0.2, 0) is 9.47 Å². The Bertz CT molecular complexity index is 434. The van der Waals surface area contributed by atoms with Gasteiger partial charge in [0.25, 0.3) is 0 Å². The molecule has 19 heavy (non-hydrogen) atoms. The van der Waals surface area contributed by atoms with Crippen molar-refractivity contribution in [1.29, 1.82) is 0 Å². The predicted molar refractivity (Wildman–Crippen MR) is 79.3 cm³/mol. The van der Waals surface area contributed by atoms with Crippen molar-refractivity contribution in [2.24, 2.45) is 5.73 Å². The standard InChI is InChI=1S/C13H19BrN2O2S/c14-10-6-12(19-8-10)11(7-15)16-3-1-2-13(9-16)17-4-5-18-13/h6,8,11H,1-5,7,9,15H2. The molecule has 4 nitrogen and oxygen atoms in total. The zero-order valence-electron chi connectivity index (χ0n) is 10.8. The van der Waals surface area contributed by atoms with Gasteiger partial charge in [-0.3, -0.25) is 4.90 Å². The number of ether oxygens (including phenoxy) is 2. The number of likely N-dealkylation sites (tertiary alicyclic amines) is 1. The molecule has 1 aromatic heterocycles. The van der Waals surface area contributed by atoms with Crippen LogP contribution in [0.2, 0.25) is 0 Å². The molecule has 0 amide bonds. The largest absolute Gasteiger partial charge is 0.346 e. The second-order valence-corrected chi connectivity index (χ2v) is 6.96. The number of piperidine rings is 1. The molecular formula is C13H19BrN2O2S. The van der Waals surface area contributed by atoms with Gasteiger partial charge >= 0.3 is 0 Å². The van der Waals surface area contributed by atoms with Gasteiger partial charge in [-0.25, -0.2) is 0 Å². The Morgan fingerprint density at radius 1 is 1.47 bits per heavy atom. The third kappa shape index (κ3) is 2.89.